The molecule has 0 aliphatic heterocycles. The number of ether oxygens (including phenoxy) is 2. The summed E-state index contributed by atoms with van der Waals surface area (Å²) in [6.45, 7) is 5.98. The molecule has 0 spiro atoms. The molecule has 0 atom stereocenters. The van der Waals surface area contributed by atoms with Gasteiger partial charge < -0.3 is 14.6 Å². The third-order valence-electron chi connectivity index (χ3n) is 3.49. The van der Waals surface area contributed by atoms with E-state index in [1.54, 1.807) is 26.0 Å². The highest BCUT2D eigenvalue weighted by molar-refractivity contribution is 7.92. The van der Waals surface area contributed by atoms with Crippen molar-refractivity contribution in [1.29, 1.82) is 0 Å². The average Bonchev–Trinajstić information content (AvgIpc) is 2.57. The molecule has 0 radical (unpaired) electrons. The highest BCUT2D eigenvalue weighted by Gasteiger charge is 2.22. The van der Waals surface area contributed by atoms with Crippen molar-refractivity contribution in [3.63, 3.8) is 0 Å². The number of anilines is 1. The molecular weight excluding hydrogens is 358 g/mol. The van der Waals surface area contributed by atoms with Crippen LogP contribution in [0.2, 0.25) is 0 Å². The average molecular weight is 379 g/mol. The topological polar surface area (TPSA) is 102 Å². The number of benzene rings is 2. The Labute approximate surface area is 152 Å². The SMILES string of the molecule is CCOc1cc(NS(=O)(=O)c2ccc(C)cc2)c(C(=O)O)cc1OCC. The van der Waals surface area contributed by atoms with Crippen molar-refractivity contribution in [2.45, 2.75) is 25.7 Å². The molecule has 0 aliphatic carbocycles. The smallest absolute Gasteiger partial charge is 0.337 e. The van der Waals surface area contributed by atoms with Gasteiger partial charge in [-0.2, -0.15) is 0 Å². The number of nitrogens with one attached hydrogen (secondary N) is 1. The lowest BCUT2D eigenvalue weighted by Gasteiger charge is -2.16. The number of carboxylic acid groups (broad SMARTS) is 1. The molecule has 2 rings (SSSR count). The van der Waals surface area contributed by atoms with E-state index in [1.807, 2.05) is 6.92 Å². The predicted octanol–water partition coefficient (Wildman–Crippen LogP) is 3.29. The van der Waals surface area contributed by atoms with Crippen LogP contribution in [0.5, 0.6) is 11.5 Å². The third-order valence-corrected chi connectivity index (χ3v) is 4.87. The fourth-order valence-corrected chi connectivity index (χ4v) is 3.35. The normalized spacial score (nSPS) is 11.0. The Hall–Kier alpha value is -2.74. The maximum Gasteiger partial charge on any atom is 0.337 e. The first-order chi connectivity index (χ1) is 12.3. The Kier molecular flexibility index (Phi) is 6.10. The van der Waals surface area contributed by atoms with Gasteiger partial charge in [0.05, 0.1) is 29.4 Å². The maximum atomic E-state index is 12.6. The standard InChI is InChI=1S/C18H21NO6S/c1-4-24-16-10-14(18(20)21)15(11-17(16)25-5-2)19-26(22,23)13-8-6-12(3)7-9-13/h6-11,19H,4-5H2,1-3H3,(H,20,21). The first kappa shape index (κ1) is 19.6. The minimum atomic E-state index is -3.95. The van der Waals surface area contributed by atoms with Gasteiger partial charge in [-0.3, -0.25) is 4.72 Å². The Morgan fingerprint density at radius 3 is 2.08 bits per heavy atom. The zero-order valence-corrected chi connectivity index (χ0v) is 15.6. The highest BCUT2D eigenvalue weighted by Crippen LogP contribution is 2.35. The van der Waals surface area contributed by atoms with E-state index in [0.29, 0.717) is 13.2 Å². The lowest BCUT2D eigenvalue weighted by molar-refractivity contribution is 0.0697. The number of aryl methyl sites for hydroxylation is 1. The predicted molar refractivity (Wildman–Crippen MR) is 97.7 cm³/mol. The van der Waals surface area contributed by atoms with E-state index in [4.69, 9.17) is 9.47 Å². The molecule has 7 nitrogen and oxygen atoms in total. The van der Waals surface area contributed by atoms with Crippen molar-refractivity contribution in [1.82, 2.24) is 0 Å². The van der Waals surface area contributed by atoms with Crippen LogP contribution in [0.4, 0.5) is 5.69 Å². The van der Waals surface area contributed by atoms with Crippen LogP contribution in [0.25, 0.3) is 0 Å². The van der Waals surface area contributed by atoms with Crippen molar-refractivity contribution < 1.29 is 27.8 Å². The molecule has 0 saturated carbocycles. The summed E-state index contributed by atoms with van der Waals surface area (Å²) in [4.78, 5) is 11.6. The van der Waals surface area contributed by atoms with Crippen LogP contribution in [0, 0.1) is 6.92 Å². The number of aromatic carboxylic acids is 1. The number of hydrogen-bond donors (Lipinski definition) is 2. The molecule has 2 aromatic carbocycles. The molecule has 0 unspecified atom stereocenters. The molecule has 8 heteroatoms. The van der Waals surface area contributed by atoms with Gasteiger partial charge in [-0.05, 0) is 32.9 Å². The number of hydrogen-bond acceptors (Lipinski definition) is 5. The number of sulfonamides is 1. The summed E-state index contributed by atoms with van der Waals surface area (Å²) < 4.78 is 38.4. The third kappa shape index (κ3) is 4.45. The van der Waals surface area contributed by atoms with Gasteiger partial charge in [0.2, 0.25) is 0 Å². The van der Waals surface area contributed by atoms with Gasteiger partial charge in [0.25, 0.3) is 10.0 Å². The van der Waals surface area contributed by atoms with E-state index in [9.17, 15) is 18.3 Å². The van der Waals surface area contributed by atoms with Crippen LogP contribution >= 0.6 is 0 Å². The van der Waals surface area contributed by atoms with Crippen molar-refractivity contribution in [3.8, 4) is 11.5 Å². The number of carbonyl (C=O) groups is 1. The maximum absolute atomic E-state index is 12.6. The molecule has 0 bridgehead atoms. The highest BCUT2D eigenvalue weighted by atomic mass is 32.2. The number of rotatable bonds is 8. The summed E-state index contributed by atoms with van der Waals surface area (Å²) >= 11 is 0. The molecule has 0 saturated heterocycles. The van der Waals surface area contributed by atoms with Gasteiger partial charge in [-0.15, -0.1) is 0 Å². The second-order valence-corrected chi connectivity index (χ2v) is 7.12. The zero-order valence-electron chi connectivity index (χ0n) is 14.8. The monoisotopic (exact) mass is 379 g/mol. The zero-order chi connectivity index (χ0) is 19.3. The number of carboxylic acids is 1. The molecule has 0 aromatic heterocycles. The van der Waals surface area contributed by atoms with Gasteiger partial charge in [-0.1, -0.05) is 17.7 Å². The van der Waals surface area contributed by atoms with Crippen LogP contribution in [0.1, 0.15) is 29.8 Å². The molecular formula is C18H21NO6S. The summed E-state index contributed by atoms with van der Waals surface area (Å²) in [5.74, 6) is -0.776. The van der Waals surface area contributed by atoms with Gasteiger partial charge in [0.15, 0.2) is 11.5 Å². The van der Waals surface area contributed by atoms with Crippen LogP contribution in [-0.2, 0) is 10.0 Å². The molecule has 0 amide bonds. The fourth-order valence-electron chi connectivity index (χ4n) is 2.28. The molecule has 0 fully saturated rings. The summed E-state index contributed by atoms with van der Waals surface area (Å²) in [6.07, 6.45) is 0. The van der Waals surface area contributed by atoms with Crippen LogP contribution < -0.4 is 14.2 Å². The minimum absolute atomic E-state index is 0.0336. The van der Waals surface area contributed by atoms with Crippen molar-refractivity contribution in [2.24, 2.45) is 0 Å². The summed E-state index contributed by atoms with van der Waals surface area (Å²) in [7, 11) is -3.95. The van der Waals surface area contributed by atoms with Crippen LogP contribution in [-0.4, -0.2) is 32.7 Å². The Balaban J connectivity index is 2.51. The van der Waals surface area contributed by atoms with E-state index in [-0.39, 0.29) is 27.6 Å². The molecule has 0 heterocycles. The van der Waals surface area contributed by atoms with E-state index in [0.717, 1.165) is 5.56 Å². The first-order valence-electron chi connectivity index (χ1n) is 8.05. The lowest BCUT2D eigenvalue weighted by atomic mass is 10.1. The molecule has 2 N–H and O–H groups in total. The second-order valence-electron chi connectivity index (χ2n) is 5.43. The van der Waals surface area contributed by atoms with E-state index < -0.39 is 16.0 Å². The molecule has 140 valence electrons. The Morgan fingerprint density at radius 2 is 1.58 bits per heavy atom. The summed E-state index contributed by atoms with van der Waals surface area (Å²) in [6, 6.07) is 8.81. The van der Waals surface area contributed by atoms with E-state index >= 15 is 0 Å². The van der Waals surface area contributed by atoms with Crippen molar-refractivity contribution in [2.75, 3.05) is 17.9 Å². The largest absolute Gasteiger partial charge is 0.490 e. The molecule has 26 heavy (non-hydrogen) atoms. The van der Waals surface area contributed by atoms with Gasteiger partial charge >= 0.3 is 5.97 Å². The first-order valence-corrected chi connectivity index (χ1v) is 9.53. The van der Waals surface area contributed by atoms with E-state index in [2.05, 4.69) is 4.72 Å². The summed E-state index contributed by atoms with van der Waals surface area (Å²) in [5.41, 5.74) is 0.590. The summed E-state index contributed by atoms with van der Waals surface area (Å²) in [5, 5.41) is 9.45. The quantitative estimate of drug-likeness (QED) is 0.730. The molecule has 2 aromatic rings. The van der Waals surface area contributed by atoms with Crippen molar-refractivity contribution >= 4 is 21.7 Å². The Bertz CT molecular complexity index is 891. The van der Waals surface area contributed by atoms with Crippen molar-refractivity contribution in [3.05, 3.63) is 47.5 Å². The van der Waals surface area contributed by atoms with E-state index in [1.165, 1.54) is 24.3 Å². The van der Waals surface area contributed by atoms with Gasteiger partial charge in [-0.25, -0.2) is 13.2 Å². The molecule has 0 aliphatic rings. The fraction of sp³-hybridized carbons (Fsp3) is 0.278. The van der Waals surface area contributed by atoms with Gasteiger partial charge in [0, 0.05) is 12.1 Å². The van der Waals surface area contributed by atoms with Crippen LogP contribution in [0.15, 0.2) is 41.3 Å². The second kappa shape index (κ2) is 8.09. The van der Waals surface area contributed by atoms with Crippen LogP contribution in [0.3, 0.4) is 0 Å². The lowest BCUT2D eigenvalue weighted by Crippen LogP contribution is -2.16. The minimum Gasteiger partial charge on any atom is -0.490 e. The van der Waals surface area contributed by atoms with Gasteiger partial charge in [0.1, 0.15) is 0 Å². The Morgan fingerprint density at radius 1 is 1.04 bits per heavy atom.